The summed E-state index contributed by atoms with van der Waals surface area (Å²) in [5, 5.41) is 16.7. The van der Waals surface area contributed by atoms with Crippen LogP contribution in [0.5, 0.6) is 0 Å². The molecule has 2 aromatic heterocycles. The first kappa shape index (κ1) is 15.0. The van der Waals surface area contributed by atoms with Gasteiger partial charge < -0.3 is 5.32 Å². The van der Waals surface area contributed by atoms with Crippen molar-refractivity contribution in [3.05, 3.63) is 11.6 Å². The van der Waals surface area contributed by atoms with Gasteiger partial charge in [0.25, 0.3) is 0 Å². The Balaban J connectivity index is 1.45. The molecule has 2 heterocycles. The summed E-state index contributed by atoms with van der Waals surface area (Å²) < 4.78 is 0. The van der Waals surface area contributed by atoms with Gasteiger partial charge in [0, 0.05) is 17.3 Å². The Bertz CT molecular complexity index is 644. The van der Waals surface area contributed by atoms with Gasteiger partial charge in [0.1, 0.15) is 0 Å². The fourth-order valence-corrected chi connectivity index (χ4v) is 3.10. The first-order valence-corrected chi connectivity index (χ1v) is 8.72. The van der Waals surface area contributed by atoms with Gasteiger partial charge in [-0.1, -0.05) is 11.8 Å². The van der Waals surface area contributed by atoms with E-state index >= 15 is 0 Å². The van der Waals surface area contributed by atoms with Crippen LogP contribution in [0.25, 0.3) is 0 Å². The zero-order valence-electron chi connectivity index (χ0n) is 11.7. The van der Waals surface area contributed by atoms with Crippen molar-refractivity contribution in [3.63, 3.8) is 0 Å². The maximum Gasteiger partial charge on any atom is 0.240 e. The van der Waals surface area contributed by atoms with Gasteiger partial charge in [0.15, 0.2) is 5.13 Å². The fraction of sp³-hybridized carbons (Fsp3) is 0.417. The number of carbonyl (C=O) groups is 1. The normalized spacial score (nSPS) is 14.1. The lowest BCUT2D eigenvalue weighted by Crippen LogP contribution is -2.13. The largest absolute Gasteiger partial charge is 0.301 e. The van der Waals surface area contributed by atoms with Crippen molar-refractivity contribution in [2.24, 2.45) is 5.10 Å². The predicted molar refractivity (Wildman–Crippen MR) is 87.4 cm³/mol. The summed E-state index contributed by atoms with van der Waals surface area (Å²) in [4.78, 5) is 19.9. The number of thiazole rings is 1. The van der Waals surface area contributed by atoms with Crippen LogP contribution in [0, 0.1) is 0 Å². The number of hydrogen-bond acceptors (Lipinski definition) is 8. The molecule has 0 bridgehead atoms. The van der Waals surface area contributed by atoms with Gasteiger partial charge in [-0.25, -0.2) is 15.5 Å². The monoisotopic (exact) mass is 337 g/mol. The van der Waals surface area contributed by atoms with Crippen molar-refractivity contribution in [2.75, 3.05) is 16.5 Å². The standard InChI is InChI=1S/C12H15N7OS2/c20-9(14-11-13-5-6-21-11)7-22-12-15-10(18-19-12)17-16-8-3-1-2-4-8/h5-6H,1-4,7H2,(H,13,14,20)(H2,15,17,18,19). The molecule has 3 N–H and O–H groups in total. The average molecular weight is 337 g/mol. The molecular weight excluding hydrogens is 322 g/mol. The molecule has 1 fully saturated rings. The van der Waals surface area contributed by atoms with Crippen molar-refractivity contribution in [1.82, 2.24) is 20.2 Å². The Labute approximate surface area is 135 Å². The van der Waals surface area contributed by atoms with E-state index in [4.69, 9.17) is 0 Å². The number of thioether (sulfide) groups is 1. The Morgan fingerprint density at radius 2 is 2.32 bits per heavy atom. The SMILES string of the molecule is O=C(CSc1n[nH]c(NN=C2CCCC2)n1)Nc1nccs1. The Kier molecular flexibility index (Phi) is 5.01. The molecule has 10 heteroatoms. The van der Waals surface area contributed by atoms with Crippen LogP contribution in [-0.2, 0) is 4.79 Å². The van der Waals surface area contributed by atoms with Crippen molar-refractivity contribution >= 4 is 45.8 Å². The number of hydrazone groups is 1. The van der Waals surface area contributed by atoms with Crippen molar-refractivity contribution < 1.29 is 4.79 Å². The highest BCUT2D eigenvalue weighted by Gasteiger charge is 2.10. The van der Waals surface area contributed by atoms with Crippen molar-refractivity contribution in [1.29, 1.82) is 0 Å². The van der Waals surface area contributed by atoms with Crippen LogP contribution in [0.4, 0.5) is 11.1 Å². The van der Waals surface area contributed by atoms with E-state index in [1.165, 1.54) is 35.9 Å². The molecular formula is C12H15N7OS2. The van der Waals surface area contributed by atoms with Crippen LogP contribution in [0.15, 0.2) is 21.8 Å². The third-order valence-electron chi connectivity index (χ3n) is 2.98. The summed E-state index contributed by atoms with van der Waals surface area (Å²) in [6.45, 7) is 0. The summed E-state index contributed by atoms with van der Waals surface area (Å²) in [6, 6.07) is 0. The van der Waals surface area contributed by atoms with Gasteiger partial charge in [0.2, 0.25) is 17.0 Å². The van der Waals surface area contributed by atoms with Crippen LogP contribution >= 0.6 is 23.1 Å². The molecule has 1 aliphatic carbocycles. The Hall–Kier alpha value is -1.94. The fourth-order valence-electron chi connectivity index (χ4n) is 1.96. The number of anilines is 2. The van der Waals surface area contributed by atoms with E-state index in [1.54, 1.807) is 6.20 Å². The molecule has 3 rings (SSSR count). The van der Waals surface area contributed by atoms with E-state index in [0.29, 0.717) is 16.2 Å². The lowest BCUT2D eigenvalue weighted by atomic mass is 10.3. The molecule has 1 aliphatic rings. The first-order chi connectivity index (χ1) is 10.8. The summed E-state index contributed by atoms with van der Waals surface area (Å²) in [7, 11) is 0. The quantitative estimate of drug-likeness (QED) is 0.551. The smallest absolute Gasteiger partial charge is 0.240 e. The van der Waals surface area contributed by atoms with Gasteiger partial charge in [-0.15, -0.1) is 16.4 Å². The molecule has 0 aliphatic heterocycles. The van der Waals surface area contributed by atoms with E-state index in [-0.39, 0.29) is 11.7 Å². The molecule has 0 saturated heterocycles. The van der Waals surface area contributed by atoms with E-state index in [9.17, 15) is 4.79 Å². The number of hydrogen-bond donors (Lipinski definition) is 3. The average Bonchev–Trinajstić information content (AvgIpc) is 3.25. The number of amides is 1. The number of aromatic nitrogens is 4. The Morgan fingerprint density at radius 3 is 3.09 bits per heavy atom. The van der Waals surface area contributed by atoms with Crippen LogP contribution in [0.2, 0.25) is 0 Å². The van der Waals surface area contributed by atoms with Gasteiger partial charge in [-0.2, -0.15) is 10.1 Å². The molecule has 0 spiro atoms. The number of nitrogens with zero attached hydrogens (tertiary/aromatic N) is 4. The minimum atomic E-state index is -0.134. The van der Waals surface area contributed by atoms with Gasteiger partial charge >= 0.3 is 0 Å². The highest BCUT2D eigenvalue weighted by molar-refractivity contribution is 7.99. The van der Waals surface area contributed by atoms with E-state index in [2.05, 4.69) is 36.0 Å². The molecule has 0 unspecified atom stereocenters. The molecule has 8 nitrogen and oxygen atoms in total. The third kappa shape index (κ3) is 4.28. The predicted octanol–water partition coefficient (Wildman–Crippen LogP) is 2.33. The topological polar surface area (TPSA) is 108 Å². The number of rotatable bonds is 6. The maximum atomic E-state index is 11.7. The molecule has 116 valence electrons. The van der Waals surface area contributed by atoms with Crippen molar-refractivity contribution in [3.8, 4) is 0 Å². The van der Waals surface area contributed by atoms with E-state index < -0.39 is 0 Å². The third-order valence-corrected chi connectivity index (χ3v) is 4.51. The summed E-state index contributed by atoms with van der Waals surface area (Å²) in [6.07, 6.45) is 6.13. The number of aromatic amines is 1. The zero-order chi connectivity index (χ0) is 15.2. The van der Waals surface area contributed by atoms with Gasteiger partial charge in [-0.3, -0.25) is 4.79 Å². The second-order valence-corrected chi connectivity index (χ2v) is 6.47. The molecule has 0 radical (unpaired) electrons. The van der Waals surface area contributed by atoms with Gasteiger partial charge in [0.05, 0.1) is 5.75 Å². The number of carbonyl (C=O) groups excluding carboxylic acids is 1. The zero-order valence-corrected chi connectivity index (χ0v) is 13.3. The van der Waals surface area contributed by atoms with Crippen molar-refractivity contribution in [2.45, 2.75) is 30.8 Å². The molecule has 1 amide bonds. The van der Waals surface area contributed by atoms with Crippen LogP contribution in [-0.4, -0.2) is 37.5 Å². The number of nitrogens with one attached hydrogen (secondary N) is 3. The summed E-state index contributed by atoms with van der Waals surface area (Å²) in [5.41, 5.74) is 4.03. The minimum Gasteiger partial charge on any atom is -0.301 e. The lowest BCUT2D eigenvalue weighted by molar-refractivity contribution is -0.113. The molecule has 0 aromatic carbocycles. The summed E-state index contributed by atoms with van der Waals surface area (Å²) in [5.74, 6) is 0.582. The molecule has 2 aromatic rings. The first-order valence-electron chi connectivity index (χ1n) is 6.85. The lowest BCUT2D eigenvalue weighted by Gasteiger charge is -1.98. The van der Waals surface area contributed by atoms with Crippen LogP contribution in [0.3, 0.4) is 0 Å². The second-order valence-electron chi connectivity index (χ2n) is 4.64. The highest BCUT2D eigenvalue weighted by Crippen LogP contribution is 2.17. The maximum absolute atomic E-state index is 11.7. The van der Waals surface area contributed by atoms with Crippen LogP contribution in [0.1, 0.15) is 25.7 Å². The van der Waals surface area contributed by atoms with E-state index in [0.717, 1.165) is 18.6 Å². The second kappa shape index (κ2) is 7.36. The van der Waals surface area contributed by atoms with Gasteiger partial charge in [-0.05, 0) is 25.7 Å². The highest BCUT2D eigenvalue weighted by atomic mass is 32.2. The van der Waals surface area contributed by atoms with E-state index in [1.807, 2.05) is 5.38 Å². The molecule has 0 atom stereocenters. The van der Waals surface area contributed by atoms with Crippen LogP contribution < -0.4 is 10.7 Å². The molecule has 1 saturated carbocycles. The molecule has 22 heavy (non-hydrogen) atoms. The number of H-pyrrole nitrogens is 1. The minimum absolute atomic E-state index is 0.134. The summed E-state index contributed by atoms with van der Waals surface area (Å²) >= 11 is 2.63. The Morgan fingerprint density at radius 1 is 1.45 bits per heavy atom.